The third-order valence-corrected chi connectivity index (χ3v) is 5.04. The number of allylic oxidation sites excluding steroid dienone is 1. The van der Waals surface area contributed by atoms with E-state index in [-0.39, 0.29) is 0 Å². The molecule has 1 aromatic carbocycles. The molecule has 0 bridgehead atoms. The molecule has 1 saturated carbocycles. The molecule has 2 aliphatic rings. The molecule has 0 aromatic heterocycles. The van der Waals surface area contributed by atoms with Gasteiger partial charge in [0, 0.05) is 32.3 Å². The van der Waals surface area contributed by atoms with E-state index < -0.39 is 0 Å². The van der Waals surface area contributed by atoms with Gasteiger partial charge in [0.05, 0.1) is 12.8 Å². The maximum atomic E-state index is 9.31. The molecule has 1 N–H and O–H groups in total. The number of ether oxygens (including phenoxy) is 1. The molecule has 24 heavy (non-hydrogen) atoms. The van der Waals surface area contributed by atoms with Crippen molar-refractivity contribution in [3.63, 3.8) is 0 Å². The first kappa shape index (κ1) is 16.7. The van der Waals surface area contributed by atoms with Crippen LogP contribution in [-0.2, 0) is 0 Å². The maximum Gasteiger partial charge on any atom is 0.220 e. The SMILES string of the molecule is C=C(C)/C(=N\C(=N/C)N1CC2C(CO)C2C1)c1ccc(OC)cc1. The molecule has 0 amide bonds. The third kappa shape index (κ3) is 3.08. The molecule has 0 spiro atoms. The van der Waals surface area contributed by atoms with Crippen LogP contribution >= 0.6 is 0 Å². The van der Waals surface area contributed by atoms with E-state index in [1.807, 2.05) is 31.2 Å². The van der Waals surface area contributed by atoms with E-state index in [0.29, 0.717) is 24.4 Å². The van der Waals surface area contributed by atoms with Gasteiger partial charge in [0.15, 0.2) is 0 Å². The average Bonchev–Trinajstić information content (AvgIpc) is 3.07. The molecule has 1 aliphatic heterocycles. The van der Waals surface area contributed by atoms with Crippen LogP contribution < -0.4 is 4.74 Å². The first-order valence-electron chi connectivity index (χ1n) is 8.30. The first-order valence-corrected chi connectivity index (χ1v) is 8.30. The van der Waals surface area contributed by atoms with Gasteiger partial charge in [-0.1, -0.05) is 6.58 Å². The number of rotatable bonds is 4. The number of aliphatic hydroxyl groups is 1. The number of aliphatic imine (C=N–C) groups is 2. The molecular weight excluding hydrogens is 302 g/mol. The van der Waals surface area contributed by atoms with Gasteiger partial charge in [-0.2, -0.15) is 0 Å². The Hall–Kier alpha value is -2.14. The molecule has 2 unspecified atom stereocenters. The zero-order valence-electron chi connectivity index (χ0n) is 14.6. The summed E-state index contributed by atoms with van der Waals surface area (Å²) in [6, 6.07) is 7.83. The van der Waals surface area contributed by atoms with Gasteiger partial charge in [-0.3, -0.25) is 4.99 Å². The summed E-state index contributed by atoms with van der Waals surface area (Å²) in [6.07, 6.45) is 0. The van der Waals surface area contributed by atoms with E-state index in [0.717, 1.165) is 41.6 Å². The van der Waals surface area contributed by atoms with Crippen LogP contribution in [0.15, 0.2) is 46.4 Å². The molecule has 1 saturated heterocycles. The minimum Gasteiger partial charge on any atom is -0.497 e. The van der Waals surface area contributed by atoms with Crippen molar-refractivity contribution in [2.75, 3.05) is 33.9 Å². The fourth-order valence-corrected chi connectivity index (χ4v) is 3.60. The van der Waals surface area contributed by atoms with E-state index in [1.165, 1.54) is 0 Å². The highest BCUT2D eigenvalue weighted by atomic mass is 16.5. The van der Waals surface area contributed by atoms with Gasteiger partial charge in [0.2, 0.25) is 5.96 Å². The highest BCUT2D eigenvalue weighted by molar-refractivity contribution is 6.16. The van der Waals surface area contributed by atoms with Crippen molar-refractivity contribution >= 4 is 11.7 Å². The predicted molar refractivity (Wildman–Crippen MR) is 96.8 cm³/mol. The normalized spacial score (nSPS) is 26.3. The molecule has 1 aromatic rings. The molecule has 5 heteroatoms. The molecular formula is C19H25N3O2. The van der Waals surface area contributed by atoms with Crippen LogP contribution in [0.1, 0.15) is 12.5 Å². The lowest BCUT2D eigenvalue weighted by atomic mass is 10.0. The zero-order chi connectivity index (χ0) is 17.3. The van der Waals surface area contributed by atoms with Crippen molar-refractivity contribution in [2.24, 2.45) is 27.7 Å². The van der Waals surface area contributed by atoms with Crippen molar-refractivity contribution in [1.82, 2.24) is 4.90 Å². The van der Waals surface area contributed by atoms with E-state index in [2.05, 4.69) is 16.5 Å². The number of guanidine groups is 1. The minimum atomic E-state index is 0.300. The Morgan fingerprint density at radius 1 is 1.29 bits per heavy atom. The van der Waals surface area contributed by atoms with Crippen LogP contribution in [0, 0.1) is 17.8 Å². The number of benzene rings is 1. The van der Waals surface area contributed by atoms with Gasteiger partial charge in [0.25, 0.3) is 0 Å². The quantitative estimate of drug-likeness (QED) is 0.681. The number of hydrogen-bond donors (Lipinski definition) is 1. The smallest absolute Gasteiger partial charge is 0.220 e. The number of piperidine rings is 1. The lowest BCUT2D eigenvalue weighted by Gasteiger charge is -2.21. The van der Waals surface area contributed by atoms with E-state index in [1.54, 1.807) is 14.2 Å². The highest BCUT2D eigenvalue weighted by Gasteiger charge is 2.55. The van der Waals surface area contributed by atoms with Gasteiger partial charge in [0.1, 0.15) is 5.75 Å². The van der Waals surface area contributed by atoms with Crippen LogP contribution in [0.3, 0.4) is 0 Å². The fourth-order valence-electron chi connectivity index (χ4n) is 3.60. The fraction of sp³-hybridized carbons (Fsp3) is 0.474. The van der Waals surface area contributed by atoms with Crippen molar-refractivity contribution in [2.45, 2.75) is 6.92 Å². The molecule has 5 nitrogen and oxygen atoms in total. The third-order valence-electron chi connectivity index (χ3n) is 5.04. The molecule has 0 radical (unpaired) electrons. The van der Waals surface area contributed by atoms with Crippen LogP contribution in [0.5, 0.6) is 5.75 Å². The second kappa shape index (κ2) is 6.77. The Balaban J connectivity index is 1.80. The lowest BCUT2D eigenvalue weighted by Crippen LogP contribution is -2.31. The summed E-state index contributed by atoms with van der Waals surface area (Å²) >= 11 is 0. The number of hydrogen-bond acceptors (Lipinski definition) is 3. The second-order valence-electron chi connectivity index (χ2n) is 6.57. The van der Waals surface area contributed by atoms with Crippen LogP contribution in [0.2, 0.25) is 0 Å². The Labute approximate surface area is 143 Å². The van der Waals surface area contributed by atoms with E-state index in [9.17, 15) is 5.11 Å². The average molecular weight is 327 g/mol. The summed E-state index contributed by atoms with van der Waals surface area (Å²) in [5.41, 5.74) is 2.75. The molecule has 128 valence electrons. The van der Waals surface area contributed by atoms with Gasteiger partial charge < -0.3 is 14.7 Å². The lowest BCUT2D eigenvalue weighted by molar-refractivity contribution is 0.246. The van der Waals surface area contributed by atoms with Crippen LogP contribution in [0.25, 0.3) is 0 Å². The number of likely N-dealkylation sites (tertiary alicyclic amines) is 1. The zero-order valence-corrected chi connectivity index (χ0v) is 14.6. The molecule has 1 aliphatic carbocycles. The minimum absolute atomic E-state index is 0.300. The number of nitrogens with zero attached hydrogens (tertiary/aromatic N) is 3. The monoisotopic (exact) mass is 327 g/mol. The summed E-state index contributed by atoms with van der Waals surface area (Å²) in [7, 11) is 3.43. The van der Waals surface area contributed by atoms with Gasteiger partial charge in [-0.05, 0) is 54.5 Å². The van der Waals surface area contributed by atoms with Gasteiger partial charge in [-0.25, -0.2) is 4.99 Å². The van der Waals surface area contributed by atoms with Gasteiger partial charge in [-0.15, -0.1) is 0 Å². The highest BCUT2D eigenvalue weighted by Crippen LogP contribution is 2.51. The summed E-state index contributed by atoms with van der Waals surface area (Å²) in [5, 5.41) is 9.31. The summed E-state index contributed by atoms with van der Waals surface area (Å²) in [5.74, 6) is 3.23. The summed E-state index contributed by atoms with van der Waals surface area (Å²) < 4.78 is 5.22. The molecule has 3 rings (SSSR count). The molecule has 2 fully saturated rings. The summed E-state index contributed by atoms with van der Waals surface area (Å²) in [6.45, 7) is 8.18. The van der Waals surface area contributed by atoms with Crippen molar-refractivity contribution in [3.8, 4) is 5.75 Å². The number of methoxy groups -OCH3 is 1. The largest absolute Gasteiger partial charge is 0.497 e. The Bertz CT molecular complexity index is 666. The van der Waals surface area contributed by atoms with E-state index in [4.69, 9.17) is 9.73 Å². The predicted octanol–water partition coefficient (Wildman–Crippen LogP) is 2.22. The molecule has 2 atom stereocenters. The summed E-state index contributed by atoms with van der Waals surface area (Å²) in [4.78, 5) is 11.4. The van der Waals surface area contributed by atoms with Crippen molar-refractivity contribution in [1.29, 1.82) is 0 Å². The maximum absolute atomic E-state index is 9.31. The first-order chi connectivity index (χ1) is 11.6. The Morgan fingerprint density at radius 2 is 1.92 bits per heavy atom. The van der Waals surface area contributed by atoms with Crippen molar-refractivity contribution in [3.05, 3.63) is 42.0 Å². The Morgan fingerprint density at radius 3 is 2.38 bits per heavy atom. The van der Waals surface area contributed by atoms with Crippen LogP contribution in [-0.4, -0.2) is 55.5 Å². The molecule has 1 heterocycles. The van der Waals surface area contributed by atoms with E-state index >= 15 is 0 Å². The van der Waals surface area contributed by atoms with Crippen molar-refractivity contribution < 1.29 is 9.84 Å². The van der Waals surface area contributed by atoms with Gasteiger partial charge >= 0.3 is 0 Å². The second-order valence-corrected chi connectivity index (χ2v) is 6.57. The Kier molecular flexibility index (Phi) is 4.71. The number of aliphatic hydroxyl groups excluding tert-OH is 1. The topological polar surface area (TPSA) is 57.4 Å². The number of fused-ring (bicyclic) bond motifs is 1. The van der Waals surface area contributed by atoms with Crippen LogP contribution in [0.4, 0.5) is 0 Å². The standard InChI is InChI=1S/C19H25N3O2/c1-12(2)18(13-5-7-14(24-4)8-6-13)21-19(20-3)22-9-15-16(10-22)17(15)11-23/h5-8,15-17,23H,1,9-11H2,2-4H3/b20-19+,21-18+.